The molecule has 1 amide bonds. The minimum atomic E-state index is -0.335. The van der Waals surface area contributed by atoms with Crippen LogP contribution in [0.15, 0.2) is 53.5 Å². The molecular weight excluding hydrogens is 449 g/mol. The molecule has 0 saturated carbocycles. The van der Waals surface area contributed by atoms with Gasteiger partial charge in [-0.3, -0.25) is 14.0 Å². The predicted molar refractivity (Wildman–Crippen MR) is 131 cm³/mol. The maximum absolute atomic E-state index is 13.4. The highest BCUT2D eigenvalue weighted by molar-refractivity contribution is 5.77. The first kappa shape index (κ1) is 24.1. The topological polar surface area (TPSA) is 90.5 Å². The third-order valence-corrected chi connectivity index (χ3v) is 5.62. The summed E-state index contributed by atoms with van der Waals surface area (Å²) in [4.78, 5) is 30.2. The molecule has 0 bridgehead atoms. The number of ether oxygens (including phenoxy) is 1. The molecule has 0 fully saturated rings. The van der Waals surface area contributed by atoms with E-state index in [0.717, 1.165) is 12.1 Å². The molecule has 8 nitrogen and oxygen atoms in total. The van der Waals surface area contributed by atoms with Gasteiger partial charge >= 0.3 is 0 Å². The van der Waals surface area contributed by atoms with Crippen LogP contribution in [0.5, 0.6) is 5.75 Å². The van der Waals surface area contributed by atoms with Crippen LogP contribution >= 0.6 is 0 Å². The SMILES string of the molecule is Cc1nc2c(OCC(=O)NCCC(C)C)cccn2c(=O)c1-c1cc(C)n(-c2ccc(F)cc2)n1. The van der Waals surface area contributed by atoms with Crippen LogP contribution in [0.1, 0.15) is 31.7 Å². The molecule has 35 heavy (non-hydrogen) atoms. The molecule has 1 aromatic carbocycles. The molecule has 0 unspecified atom stereocenters. The molecule has 3 heterocycles. The monoisotopic (exact) mass is 477 g/mol. The number of aromatic nitrogens is 4. The number of nitrogens with zero attached hydrogens (tertiary/aromatic N) is 4. The minimum Gasteiger partial charge on any atom is -0.480 e. The summed E-state index contributed by atoms with van der Waals surface area (Å²) in [5.74, 6) is 0.266. The van der Waals surface area contributed by atoms with E-state index in [2.05, 4.69) is 29.2 Å². The minimum absolute atomic E-state index is 0.171. The number of fused-ring (bicyclic) bond motifs is 1. The van der Waals surface area contributed by atoms with Crippen molar-refractivity contribution < 1.29 is 13.9 Å². The lowest BCUT2D eigenvalue weighted by Crippen LogP contribution is -2.30. The summed E-state index contributed by atoms with van der Waals surface area (Å²) in [7, 11) is 0. The average Bonchev–Trinajstić information content (AvgIpc) is 3.19. The summed E-state index contributed by atoms with van der Waals surface area (Å²) < 4.78 is 22.1. The van der Waals surface area contributed by atoms with Crippen LogP contribution in [0.3, 0.4) is 0 Å². The zero-order valence-electron chi connectivity index (χ0n) is 20.2. The smallest absolute Gasteiger partial charge is 0.267 e. The number of hydrogen-bond donors (Lipinski definition) is 1. The van der Waals surface area contributed by atoms with E-state index < -0.39 is 0 Å². The van der Waals surface area contributed by atoms with Gasteiger partial charge in [-0.1, -0.05) is 13.8 Å². The molecule has 0 aliphatic heterocycles. The van der Waals surface area contributed by atoms with E-state index in [1.54, 1.807) is 48.1 Å². The standard InChI is InChI=1S/C26H28FN5O3/c1-16(2)11-12-28-23(33)15-35-22-6-5-13-31-25(22)29-18(4)24(26(31)34)21-14-17(3)32(30-21)20-9-7-19(27)8-10-20/h5-10,13-14,16H,11-12,15H2,1-4H3,(H,28,33). The van der Waals surface area contributed by atoms with E-state index in [0.29, 0.717) is 46.5 Å². The molecule has 4 aromatic rings. The van der Waals surface area contributed by atoms with Gasteiger partial charge < -0.3 is 10.1 Å². The van der Waals surface area contributed by atoms with Gasteiger partial charge in [0.1, 0.15) is 11.5 Å². The summed E-state index contributed by atoms with van der Waals surface area (Å²) in [5.41, 5.74) is 2.80. The van der Waals surface area contributed by atoms with Gasteiger partial charge in [0.25, 0.3) is 11.5 Å². The van der Waals surface area contributed by atoms with Crippen molar-refractivity contribution in [1.82, 2.24) is 24.5 Å². The van der Waals surface area contributed by atoms with Crippen molar-refractivity contribution in [1.29, 1.82) is 0 Å². The lowest BCUT2D eigenvalue weighted by atomic mass is 10.1. The van der Waals surface area contributed by atoms with E-state index in [1.165, 1.54) is 16.5 Å². The third-order valence-electron chi connectivity index (χ3n) is 5.62. The highest BCUT2D eigenvalue weighted by Crippen LogP contribution is 2.24. The van der Waals surface area contributed by atoms with Crippen LogP contribution < -0.4 is 15.6 Å². The van der Waals surface area contributed by atoms with Crippen LogP contribution in [-0.2, 0) is 4.79 Å². The number of carbonyl (C=O) groups excluding carboxylic acids is 1. The Morgan fingerprint density at radius 1 is 1.17 bits per heavy atom. The number of amides is 1. The van der Waals surface area contributed by atoms with Crippen molar-refractivity contribution in [2.75, 3.05) is 13.2 Å². The zero-order chi connectivity index (χ0) is 25.1. The normalized spacial score (nSPS) is 11.3. The molecule has 4 rings (SSSR count). The molecule has 0 aliphatic carbocycles. The number of pyridine rings is 1. The predicted octanol–water partition coefficient (Wildman–Crippen LogP) is 3.84. The number of carbonyl (C=O) groups is 1. The number of rotatable bonds is 8. The van der Waals surface area contributed by atoms with Gasteiger partial charge in [-0.25, -0.2) is 14.1 Å². The highest BCUT2D eigenvalue weighted by Gasteiger charge is 2.18. The molecular formula is C26H28FN5O3. The Morgan fingerprint density at radius 2 is 1.91 bits per heavy atom. The van der Waals surface area contributed by atoms with Gasteiger partial charge in [0.15, 0.2) is 18.0 Å². The number of hydrogen-bond acceptors (Lipinski definition) is 5. The maximum Gasteiger partial charge on any atom is 0.267 e. The van der Waals surface area contributed by atoms with Crippen LogP contribution in [-0.4, -0.2) is 38.2 Å². The Labute approximate surface area is 202 Å². The van der Waals surface area contributed by atoms with Gasteiger partial charge in [0.05, 0.1) is 16.9 Å². The summed E-state index contributed by atoms with van der Waals surface area (Å²) in [6.07, 6.45) is 2.49. The second-order valence-corrected chi connectivity index (χ2v) is 8.82. The maximum atomic E-state index is 13.4. The Morgan fingerprint density at radius 3 is 2.63 bits per heavy atom. The first-order valence-electron chi connectivity index (χ1n) is 11.5. The lowest BCUT2D eigenvalue weighted by Gasteiger charge is -2.12. The first-order chi connectivity index (χ1) is 16.7. The van der Waals surface area contributed by atoms with Crippen LogP contribution in [0, 0.1) is 25.6 Å². The van der Waals surface area contributed by atoms with Gasteiger partial charge in [0, 0.05) is 18.4 Å². The Bertz CT molecular complexity index is 1420. The largest absolute Gasteiger partial charge is 0.480 e. The molecule has 9 heteroatoms. The fourth-order valence-corrected chi connectivity index (χ4v) is 3.79. The second kappa shape index (κ2) is 10.1. The van der Waals surface area contributed by atoms with E-state index in [1.807, 2.05) is 6.92 Å². The molecule has 3 aromatic heterocycles. The highest BCUT2D eigenvalue weighted by atomic mass is 19.1. The summed E-state index contributed by atoms with van der Waals surface area (Å²) in [5, 5.41) is 7.41. The fourth-order valence-electron chi connectivity index (χ4n) is 3.79. The van der Waals surface area contributed by atoms with Crippen molar-refractivity contribution in [2.24, 2.45) is 5.92 Å². The zero-order valence-corrected chi connectivity index (χ0v) is 20.2. The second-order valence-electron chi connectivity index (χ2n) is 8.82. The van der Waals surface area contributed by atoms with E-state index >= 15 is 0 Å². The van der Waals surface area contributed by atoms with Crippen LogP contribution in [0.2, 0.25) is 0 Å². The van der Waals surface area contributed by atoms with Crippen LogP contribution in [0.25, 0.3) is 22.6 Å². The summed E-state index contributed by atoms with van der Waals surface area (Å²) in [6, 6.07) is 11.1. The van der Waals surface area contributed by atoms with E-state index in [9.17, 15) is 14.0 Å². The Kier molecular flexibility index (Phi) is 6.95. The molecule has 0 atom stereocenters. The molecule has 1 N–H and O–H groups in total. The first-order valence-corrected chi connectivity index (χ1v) is 11.5. The molecule has 182 valence electrons. The molecule has 0 aliphatic rings. The van der Waals surface area contributed by atoms with Crippen molar-refractivity contribution >= 4 is 11.6 Å². The number of nitrogens with one attached hydrogen (secondary N) is 1. The molecule has 0 spiro atoms. The van der Waals surface area contributed by atoms with E-state index in [-0.39, 0.29) is 23.9 Å². The van der Waals surface area contributed by atoms with Gasteiger partial charge in [-0.2, -0.15) is 5.10 Å². The number of aryl methyl sites for hydroxylation is 2. The van der Waals surface area contributed by atoms with Crippen molar-refractivity contribution in [2.45, 2.75) is 34.1 Å². The van der Waals surface area contributed by atoms with Gasteiger partial charge in [-0.15, -0.1) is 0 Å². The summed E-state index contributed by atoms with van der Waals surface area (Å²) in [6.45, 7) is 8.19. The van der Waals surface area contributed by atoms with Gasteiger partial charge in [0.2, 0.25) is 0 Å². The Balaban J connectivity index is 1.64. The average molecular weight is 478 g/mol. The number of halogens is 1. The van der Waals surface area contributed by atoms with E-state index in [4.69, 9.17) is 4.74 Å². The van der Waals surface area contributed by atoms with Gasteiger partial charge in [-0.05, 0) is 68.7 Å². The van der Waals surface area contributed by atoms with Crippen LogP contribution in [0.4, 0.5) is 4.39 Å². The summed E-state index contributed by atoms with van der Waals surface area (Å²) >= 11 is 0. The molecule has 0 radical (unpaired) electrons. The molecule has 0 saturated heterocycles. The number of benzene rings is 1. The third kappa shape index (κ3) is 5.24. The lowest BCUT2D eigenvalue weighted by molar-refractivity contribution is -0.123. The Hall–Kier alpha value is -4.01. The fraction of sp³-hybridized carbons (Fsp3) is 0.308. The quantitative estimate of drug-likeness (QED) is 0.416. The van der Waals surface area contributed by atoms with Crippen molar-refractivity contribution in [3.63, 3.8) is 0 Å². The van der Waals surface area contributed by atoms with Crippen molar-refractivity contribution in [3.05, 3.63) is 76.2 Å². The van der Waals surface area contributed by atoms with Crippen molar-refractivity contribution in [3.8, 4) is 22.7 Å².